The van der Waals surface area contributed by atoms with Crippen LogP contribution in [-0.2, 0) is 0 Å². The number of hydrogen-bond donors (Lipinski definition) is 2. The lowest BCUT2D eigenvalue weighted by Gasteiger charge is -2.29. The molecular formula is C22H20N4O4. The molecule has 8 nitrogen and oxygen atoms in total. The first-order valence-electron chi connectivity index (χ1n) is 9.22. The standard InChI is InChI=1S/C22H20N4O4/c1-27-15-9-13(10-16(28-2)20(15)29-3)17-14(11-23)21(24)30-22-18(17)19(25-26-22)12-7-5-4-6-8-12/h4-10,14,17,24H,1-3H3,(H,25,26). The Kier molecular flexibility index (Phi) is 5.02. The highest BCUT2D eigenvalue weighted by molar-refractivity contribution is 5.86. The fourth-order valence-corrected chi connectivity index (χ4v) is 3.78. The van der Waals surface area contributed by atoms with Gasteiger partial charge in [0.25, 0.3) is 0 Å². The fraction of sp³-hybridized carbons (Fsp3) is 0.227. The molecule has 0 saturated carbocycles. The molecule has 8 heteroatoms. The van der Waals surface area contributed by atoms with E-state index >= 15 is 0 Å². The van der Waals surface area contributed by atoms with Crippen LogP contribution in [0.4, 0.5) is 0 Å². The molecule has 2 N–H and O–H groups in total. The molecule has 1 aliphatic heterocycles. The molecule has 30 heavy (non-hydrogen) atoms. The molecule has 1 aromatic heterocycles. The molecule has 0 saturated heterocycles. The number of aromatic amines is 1. The highest BCUT2D eigenvalue weighted by atomic mass is 16.5. The molecule has 0 fully saturated rings. The van der Waals surface area contributed by atoms with Crippen molar-refractivity contribution in [3.63, 3.8) is 0 Å². The molecule has 0 spiro atoms. The Hall–Kier alpha value is -3.99. The Bertz CT molecular complexity index is 1110. The van der Waals surface area contributed by atoms with Gasteiger partial charge in [-0.2, -0.15) is 5.26 Å². The van der Waals surface area contributed by atoms with Crippen LogP contribution < -0.4 is 18.9 Å². The van der Waals surface area contributed by atoms with Gasteiger partial charge in [0.15, 0.2) is 11.5 Å². The molecule has 152 valence electrons. The summed E-state index contributed by atoms with van der Waals surface area (Å²) in [6.45, 7) is 0. The van der Waals surface area contributed by atoms with Gasteiger partial charge in [-0.25, -0.2) is 0 Å². The summed E-state index contributed by atoms with van der Waals surface area (Å²) in [6.07, 6.45) is 0. The third kappa shape index (κ3) is 3.01. The summed E-state index contributed by atoms with van der Waals surface area (Å²) in [6, 6.07) is 15.5. The van der Waals surface area contributed by atoms with Gasteiger partial charge in [-0.05, 0) is 23.3 Å². The molecule has 0 radical (unpaired) electrons. The lowest BCUT2D eigenvalue weighted by molar-refractivity contribution is 0.323. The zero-order chi connectivity index (χ0) is 21.3. The smallest absolute Gasteiger partial charge is 0.244 e. The molecule has 1 aliphatic rings. The van der Waals surface area contributed by atoms with Gasteiger partial charge in [-0.3, -0.25) is 10.5 Å². The maximum absolute atomic E-state index is 9.88. The average molecular weight is 404 g/mol. The van der Waals surface area contributed by atoms with Gasteiger partial charge in [0.2, 0.25) is 17.5 Å². The van der Waals surface area contributed by atoms with Crippen LogP contribution in [-0.4, -0.2) is 37.4 Å². The van der Waals surface area contributed by atoms with Crippen molar-refractivity contribution in [3.8, 4) is 40.5 Å². The zero-order valence-electron chi connectivity index (χ0n) is 16.7. The first-order valence-corrected chi connectivity index (χ1v) is 9.22. The van der Waals surface area contributed by atoms with E-state index in [0.717, 1.165) is 16.8 Å². The summed E-state index contributed by atoms with van der Waals surface area (Å²) in [7, 11) is 4.60. The molecule has 2 unspecified atom stereocenters. The van der Waals surface area contributed by atoms with Crippen molar-refractivity contribution in [2.75, 3.05) is 21.3 Å². The van der Waals surface area contributed by atoms with Gasteiger partial charge >= 0.3 is 0 Å². The number of methoxy groups -OCH3 is 3. The van der Waals surface area contributed by atoms with E-state index in [2.05, 4.69) is 16.3 Å². The van der Waals surface area contributed by atoms with Crippen LogP contribution in [0.25, 0.3) is 11.3 Å². The molecule has 4 rings (SSSR count). The van der Waals surface area contributed by atoms with Crippen molar-refractivity contribution in [1.82, 2.24) is 10.2 Å². The Morgan fingerprint density at radius 3 is 2.30 bits per heavy atom. The minimum absolute atomic E-state index is 0.158. The third-order valence-corrected chi connectivity index (χ3v) is 5.15. The minimum atomic E-state index is -0.847. The van der Waals surface area contributed by atoms with Gasteiger partial charge in [0.1, 0.15) is 5.92 Å². The van der Waals surface area contributed by atoms with Crippen molar-refractivity contribution in [3.05, 3.63) is 53.6 Å². The molecule has 2 aromatic carbocycles. The van der Waals surface area contributed by atoms with E-state index in [4.69, 9.17) is 24.4 Å². The second kappa shape index (κ2) is 7.79. The van der Waals surface area contributed by atoms with Crippen LogP contribution in [0.15, 0.2) is 42.5 Å². The second-order valence-electron chi connectivity index (χ2n) is 6.69. The maximum atomic E-state index is 9.88. The topological polar surface area (TPSA) is 113 Å². The molecule has 0 aliphatic carbocycles. The number of fused-ring (bicyclic) bond motifs is 1. The van der Waals surface area contributed by atoms with Gasteiger partial charge in [0, 0.05) is 5.92 Å². The van der Waals surface area contributed by atoms with Crippen molar-refractivity contribution in [2.45, 2.75) is 5.92 Å². The van der Waals surface area contributed by atoms with Gasteiger partial charge in [0.05, 0.1) is 38.7 Å². The maximum Gasteiger partial charge on any atom is 0.244 e. The van der Waals surface area contributed by atoms with Crippen LogP contribution in [0.5, 0.6) is 23.1 Å². The number of benzene rings is 2. The quantitative estimate of drug-likeness (QED) is 0.670. The minimum Gasteiger partial charge on any atom is -0.493 e. The lowest BCUT2D eigenvalue weighted by atomic mass is 9.78. The van der Waals surface area contributed by atoms with E-state index in [1.807, 2.05) is 30.3 Å². The van der Waals surface area contributed by atoms with Crippen LogP contribution in [0.3, 0.4) is 0 Å². The van der Waals surface area contributed by atoms with Gasteiger partial charge in [-0.1, -0.05) is 30.3 Å². The zero-order valence-corrected chi connectivity index (χ0v) is 16.7. The number of aromatic nitrogens is 2. The largest absolute Gasteiger partial charge is 0.493 e. The van der Waals surface area contributed by atoms with E-state index in [1.165, 1.54) is 21.3 Å². The summed E-state index contributed by atoms with van der Waals surface area (Å²) < 4.78 is 22.0. The molecule has 3 aromatic rings. The molecule has 0 bridgehead atoms. The summed E-state index contributed by atoms with van der Waals surface area (Å²) in [4.78, 5) is 0. The SMILES string of the molecule is COc1cc(C2c3c(n[nH]c3-c3ccccc3)OC(=N)C2C#N)cc(OC)c1OC. The highest BCUT2D eigenvalue weighted by Gasteiger charge is 2.41. The highest BCUT2D eigenvalue weighted by Crippen LogP contribution is 2.49. The van der Waals surface area contributed by atoms with Crippen LogP contribution in [0.1, 0.15) is 17.0 Å². The summed E-state index contributed by atoms with van der Waals surface area (Å²) in [5.74, 6) is 0.143. The van der Waals surface area contributed by atoms with E-state index in [9.17, 15) is 5.26 Å². The normalized spacial score (nSPS) is 17.5. The lowest BCUT2D eigenvalue weighted by Crippen LogP contribution is -2.31. The van der Waals surface area contributed by atoms with Crippen molar-refractivity contribution >= 4 is 5.90 Å². The first-order chi connectivity index (χ1) is 14.6. The first kappa shape index (κ1) is 19.3. The van der Waals surface area contributed by atoms with Gasteiger partial charge in [-0.15, -0.1) is 5.10 Å². The average Bonchev–Trinajstić information content (AvgIpc) is 3.20. The number of rotatable bonds is 5. The van der Waals surface area contributed by atoms with Crippen LogP contribution in [0, 0.1) is 22.7 Å². The van der Waals surface area contributed by atoms with Crippen molar-refractivity contribution < 1.29 is 18.9 Å². The monoisotopic (exact) mass is 404 g/mol. The molecule has 2 heterocycles. The van der Waals surface area contributed by atoms with E-state index in [-0.39, 0.29) is 11.8 Å². The molecule has 2 atom stereocenters. The number of nitriles is 1. The predicted molar refractivity (Wildman–Crippen MR) is 109 cm³/mol. The second-order valence-corrected chi connectivity index (χ2v) is 6.69. The van der Waals surface area contributed by atoms with E-state index in [0.29, 0.717) is 22.8 Å². The van der Waals surface area contributed by atoms with Crippen molar-refractivity contribution in [2.24, 2.45) is 5.92 Å². The third-order valence-electron chi connectivity index (χ3n) is 5.15. The summed E-state index contributed by atoms with van der Waals surface area (Å²) in [5.41, 5.74) is 3.07. The number of ether oxygens (including phenoxy) is 4. The fourth-order valence-electron chi connectivity index (χ4n) is 3.78. The number of H-pyrrole nitrogens is 1. The Morgan fingerprint density at radius 1 is 1.07 bits per heavy atom. The summed E-state index contributed by atoms with van der Waals surface area (Å²) in [5, 5.41) is 25.4. The predicted octanol–water partition coefficient (Wildman–Crippen LogP) is 3.74. The van der Waals surface area contributed by atoms with Gasteiger partial charge < -0.3 is 18.9 Å². The Balaban J connectivity index is 1.97. The van der Waals surface area contributed by atoms with Crippen LogP contribution in [0.2, 0.25) is 0 Å². The summed E-state index contributed by atoms with van der Waals surface area (Å²) >= 11 is 0. The Morgan fingerprint density at radius 2 is 1.73 bits per heavy atom. The van der Waals surface area contributed by atoms with E-state index in [1.54, 1.807) is 12.1 Å². The van der Waals surface area contributed by atoms with Crippen molar-refractivity contribution in [1.29, 1.82) is 10.7 Å². The Labute approximate surface area is 173 Å². The molecular weight excluding hydrogens is 384 g/mol. The number of nitrogens with zero attached hydrogens (tertiary/aromatic N) is 2. The number of nitrogens with one attached hydrogen (secondary N) is 2. The van der Waals surface area contributed by atoms with Crippen LogP contribution >= 0.6 is 0 Å². The molecule has 0 amide bonds. The number of hydrogen-bond acceptors (Lipinski definition) is 7. The van der Waals surface area contributed by atoms with E-state index < -0.39 is 11.8 Å².